The highest BCUT2D eigenvalue weighted by molar-refractivity contribution is 7.15. The number of thiophene rings is 1. The van der Waals surface area contributed by atoms with Gasteiger partial charge < -0.3 is 9.84 Å². The molecular formula is C15H11F2N3O2S. The van der Waals surface area contributed by atoms with E-state index < -0.39 is 11.6 Å². The van der Waals surface area contributed by atoms with Crippen LogP contribution in [0.3, 0.4) is 0 Å². The predicted octanol–water partition coefficient (Wildman–Crippen LogP) is 3.38. The van der Waals surface area contributed by atoms with Crippen molar-refractivity contribution in [2.75, 3.05) is 0 Å². The Morgan fingerprint density at radius 2 is 2.00 bits per heavy atom. The Balaban J connectivity index is 1.86. The van der Waals surface area contributed by atoms with Crippen LogP contribution < -0.4 is 5.32 Å². The first-order valence-electron chi connectivity index (χ1n) is 6.66. The molecule has 0 atom stereocenters. The highest BCUT2D eigenvalue weighted by atomic mass is 32.1. The fraction of sp³-hybridized carbons (Fsp3) is 0.133. The van der Waals surface area contributed by atoms with Crippen molar-refractivity contribution < 1.29 is 18.1 Å². The van der Waals surface area contributed by atoms with Gasteiger partial charge in [-0.1, -0.05) is 11.2 Å². The number of aromatic nitrogens is 2. The van der Waals surface area contributed by atoms with Crippen LogP contribution in [0.15, 0.2) is 34.9 Å². The van der Waals surface area contributed by atoms with E-state index in [2.05, 4.69) is 15.5 Å². The van der Waals surface area contributed by atoms with Crippen molar-refractivity contribution in [2.45, 2.75) is 13.5 Å². The van der Waals surface area contributed by atoms with Gasteiger partial charge in [-0.3, -0.25) is 4.79 Å². The minimum absolute atomic E-state index is 0.128. The molecule has 23 heavy (non-hydrogen) atoms. The predicted molar refractivity (Wildman–Crippen MR) is 80.5 cm³/mol. The van der Waals surface area contributed by atoms with Crippen molar-refractivity contribution >= 4 is 17.2 Å². The van der Waals surface area contributed by atoms with E-state index in [1.165, 1.54) is 24.3 Å². The number of hydrogen-bond acceptors (Lipinski definition) is 5. The maximum Gasteiger partial charge on any atom is 0.264 e. The van der Waals surface area contributed by atoms with Gasteiger partial charge >= 0.3 is 0 Å². The Kier molecular flexibility index (Phi) is 4.16. The number of nitrogens with one attached hydrogen (secondary N) is 1. The molecule has 0 fully saturated rings. The lowest BCUT2D eigenvalue weighted by molar-refractivity contribution is -0.119. The summed E-state index contributed by atoms with van der Waals surface area (Å²) in [5.41, 5.74) is -0.346. The van der Waals surface area contributed by atoms with Crippen molar-refractivity contribution in [3.63, 3.8) is 0 Å². The van der Waals surface area contributed by atoms with Crippen molar-refractivity contribution in [3.8, 4) is 22.2 Å². The summed E-state index contributed by atoms with van der Waals surface area (Å²) in [5.74, 6) is -1.64. The Hall–Kier alpha value is -2.61. The largest absolute Gasteiger partial charge is 0.351 e. The van der Waals surface area contributed by atoms with Crippen LogP contribution in [0.25, 0.3) is 22.2 Å². The summed E-state index contributed by atoms with van der Waals surface area (Å²) >= 11 is 1.36. The lowest BCUT2D eigenvalue weighted by Crippen LogP contribution is -2.17. The number of hydrogen-bond donors (Lipinski definition) is 1. The zero-order valence-electron chi connectivity index (χ0n) is 12.0. The standard InChI is InChI=1S/C15H11F2N3O2S/c1-8(21)18-7-9-5-6-12(23-9)14-19-15(22-20-14)13-10(16)3-2-4-11(13)17/h2-6H,7H2,1H3,(H,18,21). The Morgan fingerprint density at radius 3 is 2.70 bits per heavy atom. The van der Waals surface area contributed by atoms with Crippen LogP contribution in [0.5, 0.6) is 0 Å². The lowest BCUT2D eigenvalue weighted by atomic mass is 10.2. The summed E-state index contributed by atoms with van der Waals surface area (Å²) < 4.78 is 32.4. The third-order valence-electron chi connectivity index (χ3n) is 3.00. The molecule has 0 aliphatic heterocycles. The van der Waals surface area contributed by atoms with E-state index in [0.29, 0.717) is 11.4 Å². The molecule has 0 saturated carbocycles. The molecule has 118 valence electrons. The number of carbonyl (C=O) groups excluding carboxylic acids is 1. The first-order chi connectivity index (χ1) is 11.0. The molecule has 0 radical (unpaired) electrons. The summed E-state index contributed by atoms with van der Waals surface area (Å²) in [7, 11) is 0. The molecule has 1 N–H and O–H groups in total. The summed E-state index contributed by atoms with van der Waals surface area (Å²) in [5, 5.41) is 6.44. The number of amides is 1. The molecule has 2 heterocycles. The van der Waals surface area contributed by atoms with E-state index in [1.807, 2.05) is 6.07 Å². The van der Waals surface area contributed by atoms with Crippen LogP contribution in [0.4, 0.5) is 8.78 Å². The summed E-state index contributed by atoms with van der Waals surface area (Å²) in [6.45, 7) is 1.83. The Labute approximate surface area is 134 Å². The van der Waals surface area contributed by atoms with Gasteiger partial charge in [0.2, 0.25) is 11.7 Å². The molecular weight excluding hydrogens is 324 g/mol. The maximum atomic E-state index is 13.7. The second-order valence-corrected chi connectivity index (χ2v) is 5.86. The van der Waals surface area contributed by atoms with Gasteiger partial charge in [0.1, 0.15) is 17.2 Å². The summed E-state index contributed by atoms with van der Waals surface area (Å²) in [6, 6.07) is 7.08. The Morgan fingerprint density at radius 1 is 1.26 bits per heavy atom. The minimum atomic E-state index is -0.766. The summed E-state index contributed by atoms with van der Waals surface area (Å²) in [6.07, 6.45) is 0. The number of benzene rings is 1. The highest BCUT2D eigenvalue weighted by Gasteiger charge is 2.19. The minimum Gasteiger partial charge on any atom is -0.351 e. The second-order valence-electron chi connectivity index (χ2n) is 4.70. The zero-order valence-corrected chi connectivity index (χ0v) is 12.8. The number of rotatable bonds is 4. The van der Waals surface area contributed by atoms with Crippen LogP contribution in [-0.2, 0) is 11.3 Å². The Bertz CT molecular complexity index is 840. The van der Waals surface area contributed by atoms with Gasteiger partial charge in [0.15, 0.2) is 0 Å². The van der Waals surface area contributed by atoms with Crippen molar-refractivity contribution in [3.05, 3.63) is 46.8 Å². The van der Waals surface area contributed by atoms with Gasteiger partial charge in [-0.05, 0) is 24.3 Å². The molecule has 0 aliphatic rings. The average Bonchev–Trinajstić information content (AvgIpc) is 3.14. The van der Waals surface area contributed by atoms with Gasteiger partial charge in [-0.2, -0.15) is 4.98 Å². The van der Waals surface area contributed by atoms with Gasteiger partial charge in [0.05, 0.1) is 11.4 Å². The number of halogens is 2. The normalized spacial score (nSPS) is 10.7. The van der Waals surface area contributed by atoms with E-state index >= 15 is 0 Å². The van der Waals surface area contributed by atoms with Crippen LogP contribution in [-0.4, -0.2) is 16.0 Å². The fourth-order valence-corrected chi connectivity index (χ4v) is 2.81. The molecule has 0 unspecified atom stereocenters. The molecule has 1 aromatic carbocycles. The first kappa shape index (κ1) is 15.3. The third-order valence-corrected chi connectivity index (χ3v) is 4.08. The van der Waals surface area contributed by atoms with Crippen LogP contribution >= 0.6 is 11.3 Å². The van der Waals surface area contributed by atoms with E-state index in [9.17, 15) is 13.6 Å². The second kappa shape index (κ2) is 6.25. The van der Waals surface area contributed by atoms with Crippen LogP contribution in [0.2, 0.25) is 0 Å². The van der Waals surface area contributed by atoms with Crippen molar-refractivity contribution in [2.24, 2.45) is 0 Å². The third kappa shape index (κ3) is 3.26. The zero-order chi connectivity index (χ0) is 16.4. The molecule has 3 aromatic rings. The topological polar surface area (TPSA) is 68.0 Å². The van der Waals surface area contributed by atoms with Crippen molar-refractivity contribution in [1.82, 2.24) is 15.5 Å². The van der Waals surface area contributed by atoms with Crippen LogP contribution in [0, 0.1) is 11.6 Å². The first-order valence-corrected chi connectivity index (χ1v) is 7.48. The van der Waals surface area contributed by atoms with E-state index in [0.717, 1.165) is 17.0 Å². The molecule has 2 aromatic heterocycles. The molecule has 5 nitrogen and oxygen atoms in total. The van der Waals surface area contributed by atoms with Gasteiger partial charge in [-0.15, -0.1) is 11.3 Å². The molecule has 8 heteroatoms. The SMILES string of the molecule is CC(=O)NCc1ccc(-c2noc(-c3c(F)cccc3F)n2)s1. The lowest BCUT2D eigenvalue weighted by Gasteiger charge is -1.97. The van der Waals surface area contributed by atoms with Gasteiger partial charge in [-0.25, -0.2) is 8.78 Å². The van der Waals surface area contributed by atoms with Crippen molar-refractivity contribution in [1.29, 1.82) is 0 Å². The van der Waals surface area contributed by atoms with Gasteiger partial charge in [0, 0.05) is 11.8 Å². The van der Waals surface area contributed by atoms with Crippen LogP contribution in [0.1, 0.15) is 11.8 Å². The average molecular weight is 335 g/mol. The quantitative estimate of drug-likeness (QED) is 0.794. The van der Waals surface area contributed by atoms with Gasteiger partial charge in [0.25, 0.3) is 5.89 Å². The fourth-order valence-electron chi connectivity index (χ4n) is 1.93. The molecule has 3 rings (SSSR count). The van der Waals surface area contributed by atoms with E-state index in [4.69, 9.17) is 4.52 Å². The molecule has 0 saturated heterocycles. The molecule has 1 amide bonds. The number of nitrogens with zero attached hydrogens (tertiary/aromatic N) is 2. The number of carbonyl (C=O) groups is 1. The molecule has 0 bridgehead atoms. The maximum absolute atomic E-state index is 13.7. The monoisotopic (exact) mass is 335 g/mol. The van der Waals surface area contributed by atoms with E-state index in [-0.39, 0.29) is 23.2 Å². The molecule has 0 spiro atoms. The summed E-state index contributed by atoms with van der Waals surface area (Å²) in [4.78, 5) is 16.5. The highest BCUT2D eigenvalue weighted by Crippen LogP contribution is 2.30. The smallest absolute Gasteiger partial charge is 0.264 e. The molecule has 0 aliphatic carbocycles. The van der Waals surface area contributed by atoms with E-state index in [1.54, 1.807) is 6.07 Å².